The first-order valence-corrected chi connectivity index (χ1v) is 8.10. The molecule has 0 bridgehead atoms. The van der Waals surface area contributed by atoms with E-state index in [-0.39, 0.29) is 6.61 Å². The van der Waals surface area contributed by atoms with Gasteiger partial charge in [0.25, 0.3) is 0 Å². The fourth-order valence-corrected chi connectivity index (χ4v) is 3.63. The number of hydrogen-bond donors (Lipinski definition) is 1. The minimum Gasteiger partial charge on any atom is -0.460 e. The van der Waals surface area contributed by atoms with Gasteiger partial charge in [-0.1, -0.05) is 20.8 Å². The second-order valence-electron chi connectivity index (χ2n) is 7.79. The number of pyridine rings is 1. The van der Waals surface area contributed by atoms with Gasteiger partial charge in [0, 0.05) is 37.5 Å². The third-order valence-corrected chi connectivity index (χ3v) is 4.51. The van der Waals surface area contributed by atoms with Gasteiger partial charge >= 0.3 is 0 Å². The van der Waals surface area contributed by atoms with Gasteiger partial charge in [-0.15, -0.1) is 0 Å². The van der Waals surface area contributed by atoms with Crippen molar-refractivity contribution in [3.63, 3.8) is 0 Å². The molecule has 120 valence electrons. The molecule has 1 fully saturated rings. The van der Waals surface area contributed by atoms with Crippen molar-refractivity contribution in [1.29, 1.82) is 0 Å². The van der Waals surface area contributed by atoms with Gasteiger partial charge in [0.1, 0.15) is 11.3 Å². The second kappa shape index (κ2) is 6.01. The summed E-state index contributed by atoms with van der Waals surface area (Å²) in [5.74, 6) is 1.93. The maximum atomic E-state index is 9.67. The molecule has 0 spiro atoms. The molecule has 2 aromatic heterocycles. The third kappa shape index (κ3) is 3.50. The van der Waals surface area contributed by atoms with E-state index in [4.69, 9.17) is 4.42 Å². The zero-order valence-corrected chi connectivity index (χ0v) is 13.7. The summed E-state index contributed by atoms with van der Waals surface area (Å²) < 4.78 is 5.89. The number of fused-ring (bicyclic) bond motifs is 1. The van der Waals surface area contributed by atoms with Crippen LogP contribution in [0.4, 0.5) is 0 Å². The minimum atomic E-state index is 0.279. The largest absolute Gasteiger partial charge is 0.460 e. The molecule has 0 aromatic carbocycles. The van der Waals surface area contributed by atoms with Crippen molar-refractivity contribution >= 4 is 11.0 Å². The molecule has 1 saturated heterocycles. The number of rotatable bonds is 4. The first-order valence-electron chi connectivity index (χ1n) is 8.10. The SMILES string of the molecule is CC(C)(C)C[C@@H]1CN(Cc2cc3cnccc3o2)C[C@H]1CO. The Morgan fingerprint density at radius 1 is 1.32 bits per heavy atom. The minimum absolute atomic E-state index is 0.279. The summed E-state index contributed by atoms with van der Waals surface area (Å²) in [6, 6.07) is 3.98. The summed E-state index contributed by atoms with van der Waals surface area (Å²) in [5, 5.41) is 10.7. The lowest BCUT2D eigenvalue weighted by atomic mass is 9.80. The van der Waals surface area contributed by atoms with Gasteiger partial charge in [0.05, 0.1) is 6.54 Å². The maximum Gasteiger partial charge on any atom is 0.137 e. The Hall–Kier alpha value is -1.39. The van der Waals surface area contributed by atoms with Crippen LogP contribution in [-0.2, 0) is 6.54 Å². The molecule has 3 heterocycles. The predicted molar refractivity (Wildman–Crippen MR) is 87.4 cm³/mol. The monoisotopic (exact) mass is 302 g/mol. The van der Waals surface area contributed by atoms with Crippen molar-refractivity contribution in [1.82, 2.24) is 9.88 Å². The summed E-state index contributed by atoms with van der Waals surface area (Å²) in [5.41, 5.74) is 1.20. The van der Waals surface area contributed by atoms with Crippen molar-refractivity contribution in [2.24, 2.45) is 17.3 Å². The zero-order valence-electron chi connectivity index (χ0n) is 13.7. The second-order valence-corrected chi connectivity index (χ2v) is 7.79. The summed E-state index contributed by atoms with van der Waals surface area (Å²) in [6.45, 7) is 9.90. The van der Waals surface area contributed by atoms with Crippen LogP contribution in [0.25, 0.3) is 11.0 Å². The molecule has 0 unspecified atom stereocenters. The Kier molecular flexibility index (Phi) is 4.24. The van der Waals surface area contributed by atoms with E-state index in [0.717, 1.165) is 42.8 Å². The maximum absolute atomic E-state index is 9.67. The van der Waals surface area contributed by atoms with Crippen molar-refractivity contribution in [2.75, 3.05) is 19.7 Å². The molecule has 4 nitrogen and oxygen atoms in total. The fourth-order valence-electron chi connectivity index (χ4n) is 3.63. The van der Waals surface area contributed by atoms with Gasteiger partial charge in [0.2, 0.25) is 0 Å². The molecule has 2 aromatic rings. The first kappa shape index (κ1) is 15.5. The molecule has 0 amide bonds. The lowest BCUT2D eigenvalue weighted by Gasteiger charge is -2.25. The smallest absolute Gasteiger partial charge is 0.137 e. The standard InChI is InChI=1S/C18H26N2O2/c1-18(2,3)7-14-9-20(10-15(14)12-21)11-16-6-13-8-19-5-4-17(13)22-16/h4-6,8,14-15,21H,7,9-12H2,1-3H3/t14-,15+/m1/s1. The summed E-state index contributed by atoms with van der Waals surface area (Å²) >= 11 is 0. The van der Waals surface area contributed by atoms with Crippen LogP contribution >= 0.6 is 0 Å². The Morgan fingerprint density at radius 2 is 2.09 bits per heavy atom. The quantitative estimate of drug-likeness (QED) is 0.941. The number of hydrogen-bond acceptors (Lipinski definition) is 4. The van der Waals surface area contributed by atoms with Gasteiger partial charge in [-0.3, -0.25) is 9.88 Å². The first-order chi connectivity index (χ1) is 10.4. The van der Waals surface area contributed by atoms with Crippen molar-refractivity contribution in [2.45, 2.75) is 33.7 Å². The third-order valence-electron chi connectivity index (χ3n) is 4.51. The zero-order chi connectivity index (χ0) is 15.7. The van der Waals surface area contributed by atoms with Crippen molar-refractivity contribution in [3.8, 4) is 0 Å². The van der Waals surface area contributed by atoms with Crippen LogP contribution in [0.15, 0.2) is 28.9 Å². The van der Waals surface area contributed by atoms with E-state index in [2.05, 4.69) is 36.7 Å². The number of furan rings is 1. The van der Waals surface area contributed by atoms with E-state index >= 15 is 0 Å². The Bertz CT molecular complexity index is 596. The lowest BCUT2D eigenvalue weighted by molar-refractivity contribution is 0.174. The summed E-state index contributed by atoms with van der Waals surface area (Å²) in [4.78, 5) is 6.53. The van der Waals surface area contributed by atoms with E-state index in [1.54, 1.807) is 6.20 Å². The number of aliphatic hydroxyl groups excluding tert-OH is 1. The van der Waals surface area contributed by atoms with E-state index in [1.807, 2.05) is 12.3 Å². The Labute approximate surface area is 132 Å². The fraction of sp³-hybridized carbons (Fsp3) is 0.611. The highest BCUT2D eigenvalue weighted by molar-refractivity contribution is 5.76. The van der Waals surface area contributed by atoms with Gasteiger partial charge in [-0.2, -0.15) is 0 Å². The van der Waals surface area contributed by atoms with Crippen molar-refractivity contribution < 1.29 is 9.52 Å². The number of likely N-dealkylation sites (tertiary alicyclic amines) is 1. The number of aromatic nitrogens is 1. The van der Waals surface area contributed by atoms with Crippen LogP contribution in [0.2, 0.25) is 0 Å². The Morgan fingerprint density at radius 3 is 2.77 bits per heavy atom. The molecule has 2 atom stereocenters. The molecular formula is C18H26N2O2. The number of nitrogens with zero attached hydrogens (tertiary/aromatic N) is 2. The van der Waals surface area contributed by atoms with E-state index in [9.17, 15) is 5.11 Å². The molecule has 3 rings (SSSR count). The highest BCUT2D eigenvalue weighted by atomic mass is 16.3. The van der Waals surface area contributed by atoms with Crippen LogP contribution in [-0.4, -0.2) is 34.7 Å². The van der Waals surface area contributed by atoms with Crippen molar-refractivity contribution in [3.05, 3.63) is 30.3 Å². The molecular weight excluding hydrogens is 276 g/mol. The van der Waals surface area contributed by atoms with Crippen LogP contribution in [0.5, 0.6) is 0 Å². The average Bonchev–Trinajstić information content (AvgIpc) is 3.00. The molecule has 22 heavy (non-hydrogen) atoms. The van der Waals surface area contributed by atoms with E-state index in [1.165, 1.54) is 0 Å². The van der Waals surface area contributed by atoms with Crippen LogP contribution < -0.4 is 0 Å². The summed E-state index contributed by atoms with van der Waals surface area (Å²) in [7, 11) is 0. The van der Waals surface area contributed by atoms with Gasteiger partial charge in [-0.25, -0.2) is 0 Å². The number of aliphatic hydroxyl groups is 1. The molecule has 0 aliphatic carbocycles. The van der Waals surface area contributed by atoms with Gasteiger partial charge < -0.3 is 9.52 Å². The van der Waals surface area contributed by atoms with Crippen LogP contribution in [0.1, 0.15) is 33.0 Å². The molecule has 1 aliphatic rings. The highest BCUT2D eigenvalue weighted by Gasteiger charge is 2.34. The van der Waals surface area contributed by atoms with Crippen LogP contribution in [0, 0.1) is 17.3 Å². The normalized spacial score (nSPS) is 23.5. The topological polar surface area (TPSA) is 49.5 Å². The van der Waals surface area contributed by atoms with Gasteiger partial charge in [-0.05, 0) is 35.8 Å². The molecule has 1 N–H and O–H groups in total. The molecule has 0 radical (unpaired) electrons. The average molecular weight is 302 g/mol. The molecule has 4 heteroatoms. The van der Waals surface area contributed by atoms with E-state index < -0.39 is 0 Å². The van der Waals surface area contributed by atoms with Crippen LogP contribution in [0.3, 0.4) is 0 Å². The lowest BCUT2D eigenvalue weighted by Crippen LogP contribution is -2.22. The van der Waals surface area contributed by atoms with E-state index in [0.29, 0.717) is 17.3 Å². The predicted octanol–water partition coefficient (Wildman–Crippen LogP) is 3.30. The highest BCUT2D eigenvalue weighted by Crippen LogP contribution is 2.34. The summed E-state index contributed by atoms with van der Waals surface area (Å²) in [6.07, 6.45) is 4.75. The Balaban J connectivity index is 1.68. The molecule has 0 saturated carbocycles. The van der Waals surface area contributed by atoms with Gasteiger partial charge in [0.15, 0.2) is 0 Å². The molecule has 1 aliphatic heterocycles.